The van der Waals surface area contributed by atoms with Crippen LogP contribution in [0.1, 0.15) is 116 Å². The van der Waals surface area contributed by atoms with Gasteiger partial charge < -0.3 is 9.47 Å². The standard InChI is InChI=1S/C37H52O2/c1-4-6-7-8-9-10-11-12-13-14-15-16-19-30-39-31(3)32-22-24-33(25-23-32)36-20-17-18-21-37(36)34-26-28-35(29-27-34)38-5-2/h17-18,20-29,31H,4-16,19,30H2,1-3H3. The third-order valence-electron chi connectivity index (χ3n) is 7.71. The number of unbranched alkanes of at least 4 members (excludes halogenated alkanes) is 12. The fourth-order valence-corrected chi connectivity index (χ4v) is 5.29. The second kappa shape index (κ2) is 18.7. The van der Waals surface area contributed by atoms with Gasteiger partial charge in [0.15, 0.2) is 0 Å². The number of rotatable bonds is 20. The average molecular weight is 529 g/mol. The Morgan fingerprint density at radius 2 is 1.00 bits per heavy atom. The van der Waals surface area contributed by atoms with E-state index < -0.39 is 0 Å². The number of hydrogen-bond donors (Lipinski definition) is 0. The summed E-state index contributed by atoms with van der Waals surface area (Å²) in [5, 5.41) is 0. The van der Waals surface area contributed by atoms with Crippen molar-refractivity contribution in [3.05, 3.63) is 78.4 Å². The quantitative estimate of drug-likeness (QED) is 0.136. The molecule has 39 heavy (non-hydrogen) atoms. The zero-order chi connectivity index (χ0) is 27.5. The highest BCUT2D eigenvalue weighted by Gasteiger charge is 2.10. The van der Waals surface area contributed by atoms with Gasteiger partial charge in [0.2, 0.25) is 0 Å². The molecule has 0 saturated heterocycles. The van der Waals surface area contributed by atoms with Crippen LogP contribution < -0.4 is 4.74 Å². The zero-order valence-corrected chi connectivity index (χ0v) is 24.9. The summed E-state index contributed by atoms with van der Waals surface area (Å²) in [6.45, 7) is 8.01. The molecular formula is C37H52O2. The van der Waals surface area contributed by atoms with Gasteiger partial charge >= 0.3 is 0 Å². The van der Waals surface area contributed by atoms with Gasteiger partial charge in [-0.1, -0.05) is 145 Å². The van der Waals surface area contributed by atoms with Gasteiger partial charge in [-0.25, -0.2) is 0 Å². The molecule has 2 heteroatoms. The molecule has 0 radical (unpaired) electrons. The lowest BCUT2D eigenvalue weighted by molar-refractivity contribution is 0.0627. The van der Waals surface area contributed by atoms with Crippen molar-refractivity contribution in [2.45, 2.75) is 110 Å². The van der Waals surface area contributed by atoms with Gasteiger partial charge in [-0.15, -0.1) is 0 Å². The van der Waals surface area contributed by atoms with E-state index in [2.05, 4.69) is 86.6 Å². The Kier molecular flexibility index (Phi) is 14.8. The third-order valence-corrected chi connectivity index (χ3v) is 7.71. The fraction of sp³-hybridized carbons (Fsp3) is 0.514. The molecule has 0 aliphatic carbocycles. The summed E-state index contributed by atoms with van der Waals surface area (Å²) in [5.74, 6) is 0.913. The Balaban J connectivity index is 1.35. The maximum Gasteiger partial charge on any atom is 0.119 e. The smallest absolute Gasteiger partial charge is 0.119 e. The monoisotopic (exact) mass is 528 g/mol. The van der Waals surface area contributed by atoms with Crippen molar-refractivity contribution in [3.63, 3.8) is 0 Å². The van der Waals surface area contributed by atoms with E-state index in [-0.39, 0.29) is 6.10 Å². The Bertz CT molecular complexity index is 1020. The molecule has 0 N–H and O–H groups in total. The second-order valence-electron chi connectivity index (χ2n) is 10.9. The molecule has 0 aliphatic heterocycles. The van der Waals surface area contributed by atoms with Crippen molar-refractivity contribution < 1.29 is 9.47 Å². The maximum atomic E-state index is 6.19. The van der Waals surface area contributed by atoms with Crippen LogP contribution >= 0.6 is 0 Å². The van der Waals surface area contributed by atoms with E-state index in [0.29, 0.717) is 6.61 Å². The molecule has 0 heterocycles. The number of hydrogen-bond acceptors (Lipinski definition) is 2. The van der Waals surface area contributed by atoms with Crippen LogP contribution in [0.25, 0.3) is 22.3 Å². The van der Waals surface area contributed by atoms with Crippen LogP contribution in [-0.2, 0) is 4.74 Å². The summed E-state index contributed by atoms with van der Waals surface area (Å²) in [7, 11) is 0. The van der Waals surface area contributed by atoms with Crippen molar-refractivity contribution in [1.29, 1.82) is 0 Å². The van der Waals surface area contributed by atoms with E-state index in [4.69, 9.17) is 9.47 Å². The topological polar surface area (TPSA) is 18.5 Å². The van der Waals surface area contributed by atoms with Gasteiger partial charge in [-0.05, 0) is 60.2 Å². The predicted molar refractivity (Wildman–Crippen MR) is 169 cm³/mol. The van der Waals surface area contributed by atoms with Crippen LogP contribution in [0.4, 0.5) is 0 Å². The minimum atomic E-state index is 0.123. The predicted octanol–water partition coefficient (Wildman–Crippen LogP) is 11.6. The van der Waals surface area contributed by atoms with Crippen LogP contribution in [0.15, 0.2) is 72.8 Å². The van der Waals surface area contributed by atoms with E-state index >= 15 is 0 Å². The average Bonchev–Trinajstić information content (AvgIpc) is 2.98. The van der Waals surface area contributed by atoms with Crippen molar-refractivity contribution in [1.82, 2.24) is 0 Å². The Morgan fingerprint density at radius 3 is 1.49 bits per heavy atom. The maximum absolute atomic E-state index is 6.19. The zero-order valence-electron chi connectivity index (χ0n) is 24.9. The summed E-state index contributed by atoms with van der Waals surface area (Å²) in [6.07, 6.45) is 18.0. The molecular weight excluding hydrogens is 476 g/mol. The van der Waals surface area contributed by atoms with E-state index in [1.165, 1.54) is 105 Å². The molecule has 1 atom stereocenters. The highest BCUT2D eigenvalue weighted by Crippen LogP contribution is 2.33. The summed E-state index contributed by atoms with van der Waals surface area (Å²) < 4.78 is 11.8. The van der Waals surface area contributed by atoms with Crippen molar-refractivity contribution in [2.75, 3.05) is 13.2 Å². The molecule has 2 nitrogen and oxygen atoms in total. The van der Waals surface area contributed by atoms with E-state index in [0.717, 1.165) is 18.8 Å². The Morgan fingerprint density at radius 1 is 0.538 bits per heavy atom. The molecule has 0 fully saturated rings. The van der Waals surface area contributed by atoms with Gasteiger partial charge in [0, 0.05) is 6.61 Å². The molecule has 0 spiro atoms. The van der Waals surface area contributed by atoms with Gasteiger partial charge in [0.1, 0.15) is 5.75 Å². The second-order valence-corrected chi connectivity index (χ2v) is 10.9. The molecule has 0 aliphatic rings. The first-order valence-electron chi connectivity index (χ1n) is 15.8. The highest BCUT2D eigenvalue weighted by molar-refractivity contribution is 5.83. The normalized spacial score (nSPS) is 12.0. The van der Waals surface area contributed by atoms with E-state index in [1.807, 2.05) is 6.92 Å². The summed E-state index contributed by atoms with van der Waals surface area (Å²) >= 11 is 0. The molecule has 3 aromatic rings. The molecule has 3 rings (SSSR count). The molecule has 1 unspecified atom stereocenters. The molecule has 3 aromatic carbocycles. The van der Waals surface area contributed by atoms with Crippen molar-refractivity contribution >= 4 is 0 Å². The number of benzene rings is 3. The summed E-state index contributed by atoms with van der Waals surface area (Å²) in [6, 6.07) is 25.9. The van der Waals surface area contributed by atoms with E-state index in [1.54, 1.807) is 0 Å². The summed E-state index contributed by atoms with van der Waals surface area (Å²) in [5.41, 5.74) is 6.15. The van der Waals surface area contributed by atoms with Gasteiger partial charge in [0.05, 0.1) is 12.7 Å². The van der Waals surface area contributed by atoms with E-state index in [9.17, 15) is 0 Å². The third kappa shape index (κ3) is 11.2. The minimum absolute atomic E-state index is 0.123. The van der Waals surface area contributed by atoms with Gasteiger partial charge in [-0.2, -0.15) is 0 Å². The molecule has 0 amide bonds. The van der Waals surface area contributed by atoms with Crippen LogP contribution in [0, 0.1) is 0 Å². The number of ether oxygens (including phenoxy) is 2. The van der Waals surface area contributed by atoms with Crippen LogP contribution in [0.3, 0.4) is 0 Å². The first-order valence-corrected chi connectivity index (χ1v) is 15.8. The van der Waals surface area contributed by atoms with Crippen LogP contribution in [-0.4, -0.2) is 13.2 Å². The first kappa shape index (κ1) is 31.0. The van der Waals surface area contributed by atoms with Crippen molar-refractivity contribution in [3.8, 4) is 28.0 Å². The van der Waals surface area contributed by atoms with Crippen LogP contribution in [0.5, 0.6) is 5.75 Å². The van der Waals surface area contributed by atoms with Gasteiger partial charge in [-0.3, -0.25) is 0 Å². The Labute approximate surface area is 239 Å². The molecule has 212 valence electrons. The summed E-state index contributed by atoms with van der Waals surface area (Å²) in [4.78, 5) is 0. The van der Waals surface area contributed by atoms with Gasteiger partial charge in [0.25, 0.3) is 0 Å². The highest BCUT2D eigenvalue weighted by atomic mass is 16.5. The molecule has 0 bridgehead atoms. The molecule has 0 aromatic heterocycles. The fourth-order valence-electron chi connectivity index (χ4n) is 5.29. The lowest BCUT2D eigenvalue weighted by Crippen LogP contribution is -2.02. The largest absolute Gasteiger partial charge is 0.494 e. The lowest BCUT2D eigenvalue weighted by atomic mass is 9.94. The van der Waals surface area contributed by atoms with Crippen LogP contribution in [0.2, 0.25) is 0 Å². The SMILES string of the molecule is CCCCCCCCCCCCCCCOC(C)c1ccc(-c2ccccc2-c2ccc(OCC)cc2)cc1. The Hall–Kier alpha value is -2.58. The minimum Gasteiger partial charge on any atom is -0.494 e. The van der Waals surface area contributed by atoms with Crippen molar-refractivity contribution in [2.24, 2.45) is 0 Å². The molecule has 0 saturated carbocycles. The first-order chi connectivity index (χ1) is 19.2. The lowest BCUT2D eigenvalue weighted by Gasteiger charge is -2.15.